The van der Waals surface area contributed by atoms with Gasteiger partial charge in [0.1, 0.15) is 12.7 Å². The van der Waals surface area contributed by atoms with Crippen LogP contribution in [-0.4, -0.2) is 39.2 Å². The lowest BCUT2D eigenvalue weighted by atomic mass is 10.1. The maximum absolute atomic E-state index is 12.5. The quantitative estimate of drug-likeness (QED) is 0.728. The van der Waals surface area contributed by atoms with Crippen LogP contribution in [0.25, 0.3) is 5.69 Å². The molecular weight excluding hydrogens is 338 g/mol. The van der Waals surface area contributed by atoms with Gasteiger partial charge in [0, 0.05) is 11.7 Å². The normalized spacial score (nSPS) is 12.2. The van der Waals surface area contributed by atoms with E-state index in [0.29, 0.717) is 6.54 Å². The minimum atomic E-state index is -0.0130. The molecule has 1 N–H and O–H groups in total. The Hall–Kier alpha value is -2.99. The Kier molecular flexibility index (Phi) is 5.66. The summed E-state index contributed by atoms with van der Waals surface area (Å²) >= 11 is 0. The lowest BCUT2D eigenvalue weighted by Gasteiger charge is -2.25. The standard InChI is InChI=1S/C21H25N5O/c1-15-6-5-7-16(2)21(15)24-20(27)12-25(4)17(3)18-8-10-19(11-9-18)26-14-22-13-23-26/h5-11,13-14,17H,12H2,1-4H3,(H,24,27). The molecule has 0 bridgehead atoms. The van der Waals surface area contributed by atoms with Gasteiger partial charge in [-0.3, -0.25) is 9.69 Å². The number of anilines is 1. The number of para-hydroxylation sites is 1. The first kappa shape index (κ1) is 18.8. The van der Waals surface area contributed by atoms with Crippen molar-refractivity contribution in [3.05, 3.63) is 71.8 Å². The van der Waals surface area contributed by atoms with Crippen molar-refractivity contribution in [1.82, 2.24) is 19.7 Å². The molecule has 0 aliphatic carbocycles. The van der Waals surface area contributed by atoms with E-state index in [2.05, 4.69) is 34.5 Å². The van der Waals surface area contributed by atoms with Crippen LogP contribution in [0, 0.1) is 13.8 Å². The largest absolute Gasteiger partial charge is 0.324 e. The second-order valence-corrected chi connectivity index (χ2v) is 6.84. The van der Waals surface area contributed by atoms with Crippen molar-refractivity contribution in [3.63, 3.8) is 0 Å². The first-order valence-electron chi connectivity index (χ1n) is 8.97. The zero-order valence-corrected chi connectivity index (χ0v) is 16.2. The summed E-state index contributed by atoms with van der Waals surface area (Å²) in [6.45, 7) is 6.42. The zero-order chi connectivity index (χ0) is 19.4. The van der Waals surface area contributed by atoms with Crippen LogP contribution in [0.5, 0.6) is 0 Å². The molecule has 6 nitrogen and oxygen atoms in total. The maximum atomic E-state index is 12.5. The fourth-order valence-electron chi connectivity index (χ4n) is 3.06. The highest BCUT2D eigenvalue weighted by Crippen LogP contribution is 2.22. The van der Waals surface area contributed by atoms with E-state index in [9.17, 15) is 4.79 Å². The van der Waals surface area contributed by atoms with Crippen molar-refractivity contribution in [2.24, 2.45) is 0 Å². The van der Waals surface area contributed by atoms with Gasteiger partial charge < -0.3 is 5.32 Å². The number of likely N-dealkylation sites (N-methyl/N-ethyl adjacent to an activating group) is 1. The summed E-state index contributed by atoms with van der Waals surface area (Å²) in [5.74, 6) is -0.0130. The molecule has 1 amide bonds. The summed E-state index contributed by atoms with van der Waals surface area (Å²) in [5.41, 5.74) is 5.14. The van der Waals surface area contributed by atoms with E-state index >= 15 is 0 Å². The number of rotatable bonds is 6. The highest BCUT2D eigenvalue weighted by molar-refractivity contribution is 5.93. The van der Waals surface area contributed by atoms with Crippen LogP contribution in [0.3, 0.4) is 0 Å². The first-order valence-corrected chi connectivity index (χ1v) is 8.97. The molecule has 27 heavy (non-hydrogen) atoms. The van der Waals surface area contributed by atoms with Crippen molar-refractivity contribution in [2.75, 3.05) is 18.9 Å². The molecule has 0 fully saturated rings. The number of carbonyl (C=O) groups is 1. The summed E-state index contributed by atoms with van der Waals surface area (Å²) in [4.78, 5) is 18.5. The molecule has 1 aromatic heterocycles. The number of amides is 1. The third kappa shape index (κ3) is 4.41. The van der Waals surface area contributed by atoms with Crippen LogP contribution in [0.4, 0.5) is 5.69 Å². The molecule has 3 aromatic rings. The summed E-state index contributed by atoms with van der Waals surface area (Å²) in [6, 6.07) is 14.2. The Morgan fingerprint density at radius 1 is 1.15 bits per heavy atom. The molecule has 0 spiro atoms. The minimum Gasteiger partial charge on any atom is -0.324 e. The third-order valence-corrected chi connectivity index (χ3v) is 4.86. The number of nitrogens with zero attached hydrogens (tertiary/aromatic N) is 4. The average Bonchev–Trinajstić information content (AvgIpc) is 3.19. The fourth-order valence-corrected chi connectivity index (χ4v) is 3.06. The molecular formula is C21H25N5O. The van der Waals surface area contributed by atoms with Crippen molar-refractivity contribution in [3.8, 4) is 5.69 Å². The van der Waals surface area contributed by atoms with Gasteiger partial charge in [-0.25, -0.2) is 9.67 Å². The van der Waals surface area contributed by atoms with E-state index in [4.69, 9.17) is 0 Å². The zero-order valence-electron chi connectivity index (χ0n) is 16.2. The second kappa shape index (κ2) is 8.14. The Balaban J connectivity index is 1.63. The fraction of sp³-hybridized carbons (Fsp3) is 0.286. The van der Waals surface area contributed by atoms with Crippen molar-refractivity contribution in [2.45, 2.75) is 26.8 Å². The van der Waals surface area contributed by atoms with E-state index < -0.39 is 0 Å². The first-order chi connectivity index (χ1) is 13.0. The number of hydrogen-bond acceptors (Lipinski definition) is 4. The van der Waals surface area contributed by atoms with E-state index in [1.165, 1.54) is 6.33 Å². The monoisotopic (exact) mass is 363 g/mol. The Bertz CT molecular complexity index is 883. The molecule has 6 heteroatoms. The minimum absolute atomic E-state index is 0.0130. The molecule has 0 radical (unpaired) electrons. The Labute approximate surface area is 159 Å². The van der Waals surface area contributed by atoms with Crippen LogP contribution >= 0.6 is 0 Å². The average molecular weight is 363 g/mol. The van der Waals surface area contributed by atoms with Gasteiger partial charge in [-0.05, 0) is 56.6 Å². The summed E-state index contributed by atoms with van der Waals surface area (Å²) in [6.07, 6.45) is 3.18. The molecule has 1 heterocycles. The number of hydrogen-bond donors (Lipinski definition) is 1. The number of benzene rings is 2. The van der Waals surface area contributed by atoms with E-state index in [1.807, 2.05) is 56.1 Å². The lowest BCUT2D eigenvalue weighted by molar-refractivity contribution is -0.117. The summed E-state index contributed by atoms with van der Waals surface area (Å²) in [7, 11) is 1.96. The molecule has 0 aliphatic heterocycles. The second-order valence-electron chi connectivity index (χ2n) is 6.84. The molecule has 2 aromatic carbocycles. The lowest BCUT2D eigenvalue weighted by Crippen LogP contribution is -2.32. The van der Waals surface area contributed by atoms with Gasteiger partial charge in [0.05, 0.1) is 12.2 Å². The number of carbonyl (C=O) groups excluding carboxylic acids is 1. The highest BCUT2D eigenvalue weighted by atomic mass is 16.2. The summed E-state index contributed by atoms with van der Waals surface area (Å²) < 4.78 is 1.72. The third-order valence-electron chi connectivity index (χ3n) is 4.86. The van der Waals surface area contributed by atoms with Crippen LogP contribution < -0.4 is 5.32 Å². The summed E-state index contributed by atoms with van der Waals surface area (Å²) in [5, 5.41) is 7.18. The van der Waals surface area contributed by atoms with Gasteiger partial charge in [-0.2, -0.15) is 5.10 Å². The maximum Gasteiger partial charge on any atom is 0.238 e. The van der Waals surface area contributed by atoms with Crippen molar-refractivity contribution in [1.29, 1.82) is 0 Å². The van der Waals surface area contributed by atoms with E-state index in [-0.39, 0.29) is 11.9 Å². The van der Waals surface area contributed by atoms with Crippen LogP contribution in [-0.2, 0) is 4.79 Å². The molecule has 0 aliphatic rings. The van der Waals surface area contributed by atoms with Gasteiger partial charge in [-0.1, -0.05) is 30.3 Å². The molecule has 1 atom stereocenters. The van der Waals surface area contributed by atoms with Gasteiger partial charge in [0.25, 0.3) is 0 Å². The smallest absolute Gasteiger partial charge is 0.238 e. The van der Waals surface area contributed by atoms with Gasteiger partial charge in [0.15, 0.2) is 0 Å². The molecule has 140 valence electrons. The van der Waals surface area contributed by atoms with Crippen LogP contribution in [0.1, 0.15) is 29.7 Å². The molecule has 3 rings (SSSR count). The SMILES string of the molecule is Cc1cccc(C)c1NC(=O)CN(C)C(C)c1ccc(-n2cncn2)cc1. The Morgan fingerprint density at radius 3 is 2.41 bits per heavy atom. The van der Waals surface area contributed by atoms with E-state index in [0.717, 1.165) is 28.1 Å². The number of aromatic nitrogens is 3. The van der Waals surface area contributed by atoms with Crippen LogP contribution in [0.15, 0.2) is 55.1 Å². The number of aryl methyl sites for hydroxylation is 2. The predicted octanol–water partition coefficient (Wildman–Crippen LogP) is 3.52. The molecule has 0 saturated heterocycles. The Morgan fingerprint density at radius 2 is 1.81 bits per heavy atom. The highest BCUT2D eigenvalue weighted by Gasteiger charge is 2.16. The van der Waals surface area contributed by atoms with Crippen LogP contribution in [0.2, 0.25) is 0 Å². The predicted molar refractivity (Wildman–Crippen MR) is 107 cm³/mol. The molecule has 0 saturated carbocycles. The van der Waals surface area contributed by atoms with Crippen molar-refractivity contribution >= 4 is 11.6 Å². The molecule has 1 unspecified atom stereocenters. The van der Waals surface area contributed by atoms with Gasteiger partial charge >= 0.3 is 0 Å². The topological polar surface area (TPSA) is 63.1 Å². The van der Waals surface area contributed by atoms with Gasteiger partial charge in [-0.15, -0.1) is 0 Å². The van der Waals surface area contributed by atoms with E-state index in [1.54, 1.807) is 11.0 Å². The van der Waals surface area contributed by atoms with Gasteiger partial charge in [0.2, 0.25) is 5.91 Å². The number of nitrogens with one attached hydrogen (secondary N) is 1. The van der Waals surface area contributed by atoms with Crippen molar-refractivity contribution < 1.29 is 4.79 Å².